The van der Waals surface area contributed by atoms with Crippen molar-refractivity contribution in [3.8, 4) is 0 Å². The maximum absolute atomic E-state index is 5.26. The van der Waals surface area contributed by atoms with E-state index in [1.807, 2.05) is 18.3 Å². The third kappa shape index (κ3) is 2.39. The summed E-state index contributed by atoms with van der Waals surface area (Å²) >= 11 is 5.26. The average Bonchev–Trinajstić information content (AvgIpc) is 2.98. The Morgan fingerprint density at radius 3 is 2.91 bits per heavy atom. The minimum Gasteiger partial charge on any atom is -0.347 e. The van der Waals surface area contributed by atoms with E-state index in [0.717, 1.165) is 24.2 Å². The number of fused-ring (bicyclic) bond motifs is 1. The second-order valence-electron chi connectivity index (χ2n) is 5.33. The molecule has 5 nitrogen and oxygen atoms in total. The molecule has 1 N–H and O–H groups in total. The van der Waals surface area contributed by atoms with Gasteiger partial charge in [-0.3, -0.25) is 5.10 Å². The Morgan fingerprint density at radius 1 is 1.36 bits per heavy atom. The number of H-pyrrole nitrogens is 1. The molecular weight excluding hydrogens is 294 g/mol. The molecule has 0 amide bonds. The molecule has 114 valence electrons. The fourth-order valence-electron chi connectivity index (χ4n) is 2.66. The van der Waals surface area contributed by atoms with Crippen molar-refractivity contribution >= 4 is 29.3 Å². The summed E-state index contributed by atoms with van der Waals surface area (Å²) < 4.78 is 4.41. The molecular formula is C16H19N5S. The first-order chi connectivity index (χ1) is 10.6. The van der Waals surface area contributed by atoms with E-state index in [1.165, 1.54) is 16.6 Å². The van der Waals surface area contributed by atoms with Gasteiger partial charge < -0.3 is 4.57 Å². The lowest BCUT2D eigenvalue weighted by Crippen LogP contribution is -1.99. The van der Waals surface area contributed by atoms with Crippen molar-refractivity contribution in [3.63, 3.8) is 0 Å². The maximum atomic E-state index is 5.26. The predicted molar refractivity (Wildman–Crippen MR) is 92.1 cm³/mol. The van der Waals surface area contributed by atoms with E-state index in [1.54, 1.807) is 4.68 Å². The van der Waals surface area contributed by atoms with E-state index in [4.69, 9.17) is 12.2 Å². The van der Waals surface area contributed by atoms with Crippen LogP contribution in [-0.2, 0) is 13.5 Å². The molecule has 0 saturated heterocycles. The van der Waals surface area contributed by atoms with Gasteiger partial charge in [-0.25, -0.2) is 0 Å². The summed E-state index contributed by atoms with van der Waals surface area (Å²) in [7, 11) is 2.07. The second kappa shape index (κ2) is 5.88. The van der Waals surface area contributed by atoms with Gasteiger partial charge in [-0.05, 0) is 31.6 Å². The minimum atomic E-state index is 0.526. The SMILES string of the molecule is CCCc1n[nH]c(=S)n1/N=C\c1c(C)n(C)c2ccccc12. The van der Waals surface area contributed by atoms with E-state index in [0.29, 0.717) is 4.77 Å². The van der Waals surface area contributed by atoms with Crippen LogP contribution in [0.4, 0.5) is 0 Å². The first-order valence-corrected chi connectivity index (χ1v) is 7.79. The number of aromatic amines is 1. The van der Waals surface area contributed by atoms with Crippen molar-refractivity contribution in [2.75, 3.05) is 0 Å². The summed E-state index contributed by atoms with van der Waals surface area (Å²) in [5.41, 5.74) is 3.49. The van der Waals surface area contributed by atoms with E-state index in [2.05, 4.69) is 52.9 Å². The van der Waals surface area contributed by atoms with Crippen LogP contribution in [-0.4, -0.2) is 25.7 Å². The monoisotopic (exact) mass is 313 g/mol. The second-order valence-corrected chi connectivity index (χ2v) is 5.71. The number of aryl methyl sites for hydroxylation is 2. The van der Waals surface area contributed by atoms with Gasteiger partial charge in [-0.1, -0.05) is 25.1 Å². The van der Waals surface area contributed by atoms with Gasteiger partial charge in [0.1, 0.15) is 0 Å². The number of hydrogen-bond acceptors (Lipinski definition) is 3. The van der Waals surface area contributed by atoms with Crippen LogP contribution >= 0.6 is 12.2 Å². The van der Waals surface area contributed by atoms with Crippen LogP contribution in [0.25, 0.3) is 10.9 Å². The fraction of sp³-hybridized carbons (Fsp3) is 0.312. The van der Waals surface area contributed by atoms with Crippen LogP contribution in [0.15, 0.2) is 29.4 Å². The van der Waals surface area contributed by atoms with E-state index < -0.39 is 0 Å². The smallest absolute Gasteiger partial charge is 0.216 e. The Labute approximate surface area is 134 Å². The zero-order chi connectivity index (χ0) is 15.7. The van der Waals surface area contributed by atoms with Gasteiger partial charge >= 0.3 is 0 Å². The van der Waals surface area contributed by atoms with Gasteiger partial charge in [0.2, 0.25) is 4.77 Å². The van der Waals surface area contributed by atoms with Crippen molar-refractivity contribution in [3.05, 3.63) is 46.1 Å². The number of aromatic nitrogens is 4. The molecule has 0 radical (unpaired) electrons. The molecule has 2 aromatic heterocycles. The van der Waals surface area contributed by atoms with Gasteiger partial charge in [0.05, 0.1) is 6.21 Å². The normalized spacial score (nSPS) is 11.8. The van der Waals surface area contributed by atoms with Crippen molar-refractivity contribution < 1.29 is 0 Å². The summed E-state index contributed by atoms with van der Waals surface area (Å²) in [5.74, 6) is 0.863. The largest absolute Gasteiger partial charge is 0.347 e. The molecule has 0 aliphatic rings. The Kier molecular flexibility index (Phi) is 3.94. The molecule has 6 heteroatoms. The van der Waals surface area contributed by atoms with Crippen LogP contribution in [0.5, 0.6) is 0 Å². The summed E-state index contributed by atoms with van der Waals surface area (Å²) in [6, 6.07) is 8.33. The quantitative estimate of drug-likeness (QED) is 0.591. The molecule has 0 fully saturated rings. The highest BCUT2D eigenvalue weighted by Crippen LogP contribution is 2.23. The number of benzene rings is 1. The summed E-state index contributed by atoms with van der Waals surface area (Å²) in [6.07, 6.45) is 3.73. The lowest BCUT2D eigenvalue weighted by Gasteiger charge is -1.99. The molecule has 3 rings (SSSR count). The fourth-order valence-corrected chi connectivity index (χ4v) is 2.86. The molecule has 0 bridgehead atoms. The molecule has 1 aromatic carbocycles. The summed E-state index contributed by atoms with van der Waals surface area (Å²) in [4.78, 5) is 0. The number of hydrogen-bond donors (Lipinski definition) is 1. The molecule has 0 unspecified atom stereocenters. The molecule has 0 atom stereocenters. The van der Waals surface area contributed by atoms with Crippen LogP contribution in [0, 0.1) is 11.7 Å². The van der Waals surface area contributed by atoms with E-state index >= 15 is 0 Å². The number of rotatable bonds is 4. The molecule has 0 saturated carbocycles. The number of nitrogens with one attached hydrogen (secondary N) is 1. The molecule has 3 aromatic rings. The lowest BCUT2D eigenvalue weighted by atomic mass is 10.1. The molecule has 0 aliphatic carbocycles. The van der Waals surface area contributed by atoms with Crippen LogP contribution in [0.3, 0.4) is 0 Å². The Morgan fingerprint density at radius 2 is 2.14 bits per heavy atom. The maximum Gasteiger partial charge on any atom is 0.216 e. The predicted octanol–water partition coefficient (Wildman–Crippen LogP) is 3.58. The minimum absolute atomic E-state index is 0.526. The van der Waals surface area contributed by atoms with Gasteiger partial charge in [0.15, 0.2) is 5.82 Å². The van der Waals surface area contributed by atoms with Crippen LogP contribution in [0.1, 0.15) is 30.4 Å². The van der Waals surface area contributed by atoms with Gasteiger partial charge in [-0.15, -0.1) is 0 Å². The third-order valence-corrected chi connectivity index (χ3v) is 4.21. The number of nitrogens with zero attached hydrogens (tertiary/aromatic N) is 4. The van der Waals surface area contributed by atoms with E-state index in [9.17, 15) is 0 Å². The van der Waals surface area contributed by atoms with Crippen molar-refractivity contribution in [1.29, 1.82) is 0 Å². The molecule has 2 heterocycles. The zero-order valence-corrected chi connectivity index (χ0v) is 13.8. The first-order valence-electron chi connectivity index (χ1n) is 7.38. The topological polar surface area (TPSA) is 50.9 Å². The van der Waals surface area contributed by atoms with Gasteiger partial charge in [0, 0.05) is 35.6 Å². The molecule has 22 heavy (non-hydrogen) atoms. The standard InChI is InChI=1S/C16H19N5S/c1-4-7-15-18-19-16(22)21(15)17-10-13-11(2)20(3)14-9-6-5-8-12(13)14/h5-6,8-10H,4,7H2,1-3H3,(H,19,22)/b17-10-. The van der Waals surface area contributed by atoms with Crippen LogP contribution < -0.4 is 0 Å². The van der Waals surface area contributed by atoms with Crippen molar-refractivity contribution in [2.45, 2.75) is 26.7 Å². The van der Waals surface area contributed by atoms with Crippen LogP contribution in [0.2, 0.25) is 0 Å². The molecule has 0 spiro atoms. The highest BCUT2D eigenvalue weighted by Gasteiger charge is 2.10. The highest BCUT2D eigenvalue weighted by molar-refractivity contribution is 7.71. The van der Waals surface area contributed by atoms with E-state index in [-0.39, 0.29) is 0 Å². The summed E-state index contributed by atoms with van der Waals surface area (Å²) in [6.45, 7) is 4.21. The Balaban J connectivity index is 2.09. The Bertz CT molecular complexity index is 897. The van der Waals surface area contributed by atoms with Gasteiger partial charge in [-0.2, -0.15) is 14.9 Å². The Hall–Kier alpha value is -2.21. The molecule has 0 aliphatic heterocycles. The van der Waals surface area contributed by atoms with Crippen molar-refractivity contribution in [1.82, 2.24) is 19.4 Å². The van der Waals surface area contributed by atoms with Crippen molar-refractivity contribution in [2.24, 2.45) is 12.1 Å². The highest BCUT2D eigenvalue weighted by atomic mass is 32.1. The first kappa shape index (κ1) is 14.7. The van der Waals surface area contributed by atoms with Gasteiger partial charge in [0.25, 0.3) is 0 Å². The average molecular weight is 313 g/mol. The third-order valence-electron chi connectivity index (χ3n) is 3.94. The lowest BCUT2D eigenvalue weighted by molar-refractivity contribution is 0.739. The number of para-hydroxylation sites is 1. The zero-order valence-electron chi connectivity index (χ0n) is 13.0. The summed E-state index contributed by atoms with van der Waals surface area (Å²) in [5, 5.41) is 12.8.